The average molecular weight is 370 g/mol. The molecule has 0 spiro atoms. The highest BCUT2D eigenvalue weighted by molar-refractivity contribution is 5.86. The molecule has 1 unspecified atom stereocenters. The second-order valence-corrected chi connectivity index (χ2v) is 6.21. The third kappa shape index (κ3) is 4.59. The van der Waals surface area contributed by atoms with Gasteiger partial charge in [0.15, 0.2) is 0 Å². The van der Waals surface area contributed by atoms with Crippen LogP contribution in [0.4, 0.5) is 0 Å². The molecule has 1 aliphatic heterocycles. The highest BCUT2D eigenvalue weighted by Crippen LogP contribution is 2.19. The summed E-state index contributed by atoms with van der Waals surface area (Å²) < 4.78 is 0. The molecule has 4 nitrogen and oxygen atoms in total. The quantitative estimate of drug-likeness (QED) is 0.869. The first-order valence-corrected chi connectivity index (χ1v) is 8.05. The molecule has 132 valence electrons. The number of nitrogens with zero attached hydrogens (tertiary/aromatic N) is 1. The molecule has 1 aromatic carbocycles. The number of hydrogen-bond donors (Lipinski definition) is 2. The zero-order valence-electron chi connectivity index (χ0n) is 13.9. The Morgan fingerprint density at radius 3 is 2.79 bits per heavy atom. The minimum atomic E-state index is -0.407. The first-order valence-electron chi connectivity index (χ1n) is 8.05. The molecular formula is C18H25Cl2N3O. The lowest BCUT2D eigenvalue weighted by atomic mass is 9.90. The number of fused-ring (bicyclic) bond motifs is 1. The number of hydrogen-bond acceptors (Lipinski definition) is 3. The topological polar surface area (TPSA) is 54.0 Å². The summed E-state index contributed by atoms with van der Waals surface area (Å²) >= 11 is 0. The molecule has 0 aliphatic carbocycles. The van der Waals surface area contributed by atoms with Crippen LogP contribution in [0.15, 0.2) is 36.5 Å². The Morgan fingerprint density at radius 2 is 2.04 bits per heavy atom. The van der Waals surface area contributed by atoms with Crippen molar-refractivity contribution in [3.8, 4) is 0 Å². The molecule has 0 saturated carbocycles. The maximum atomic E-state index is 12.4. The Bertz CT molecular complexity index is 667. The van der Waals surface area contributed by atoms with E-state index >= 15 is 0 Å². The van der Waals surface area contributed by atoms with Gasteiger partial charge < -0.3 is 10.6 Å². The molecule has 2 N–H and O–H groups in total. The van der Waals surface area contributed by atoms with E-state index in [1.165, 1.54) is 5.56 Å². The standard InChI is InChI=1S/C18H23N3O.2ClH/c1-18(10-2-3-12-21-18)17(22)20-13-9-15-7-4-6-14-8-5-11-19-16(14)15;;/h4-8,11,21H,2-3,9-10,12-13H2,1H3,(H,20,22);2*1H. The Morgan fingerprint density at radius 1 is 1.25 bits per heavy atom. The van der Waals surface area contributed by atoms with E-state index in [-0.39, 0.29) is 30.7 Å². The van der Waals surface area contributed by atoms with E-state index in [2.05, 4.69) is 33.8 Å². The third-order valence-electron chi connectivity index (χ3n) is 4.52. The molecule has 0 radical (unpaired) electrons. The van der Waals surface area contributed by atoms with Crippen molar-refractivity contribution in [3.63, 3.8) is 0 Å². The van der Waals surface area contributed by atoms with Crippen molar-refractivity contribution in [2.45, 2.75) is 38.1 Å². The van der Waals surface area contributed by atoms with E-state index in [0.29, 0.717) is 6.54 Å². The normalized spacial score (nSPS) is 19.9. The molecule has 1 amide bonds. The van der Waals surface area contributed by atoms with Gasteiger partial charge in [0.25, 0.3) is 0 Å². The van der Waals surface area contributed by atoms with E-state index < -0.39 is 5.54 Å². The first kappa shape index (κ1) is 20.7. The van der Waals surface area contributed by atoms with Gasteiger partial charge in [-0.25, -0.2) is 0 Å². The molecule has 6 heteroatoms. The van der Waals surface area contributed by atoms with Crippen LogP contribution < -0.4 is 10.6 Å². The van der Waals surface area contributed by atoms with Crippen molar-refractivity contribution in [1.29, 1.82) is 0 Å². The van der Waals surface area contributed by atoms with Crippen molar-refractivity contribution < 1.29 is 4.79 Å². The summed E-state index contributed by atoms with van der Waals surface area (Å²) in [4.78, 5) is 16.8. The molecular weight excluding hydrogens is 345 g/mol. The number of para-hydroxylation sites is 1. The fourth-order valence-electron chi connectivity index (χ4n) is 3.12. The maximum Gasteiger partial charge on any atom is 0.240 e. The van der Waals surface area contributed by atoms with Gasteiger partial charge in [-0.1, -0.05) is 24.3 Å². The Balaban J connectivity index is 0.00000144. The summed E-state index contributed by atoms with van der Waals surface area (Å²) in [5.74, 6) is 0.111. The number of rotatable bonds is 4. The number of carbonyl (C=O) groups excluding carboxylic acids is 1. The lowest BCUT2D eigenvalue weighted by Crippen LogP contribution is -2.57. The SMILES string of the molecule is CC1(C(=O)NCCc2cccc3cccnc23)CCCCN1.Cl.Cl. The summed E-state index contributed by atoms with van der Waals surface area (Å²) in [5.41, 5.74) is 1.80. The fraction of sp³-hybridized carbons (Fsp3) is 0.444. The van der Waals surface area contributed by atoms with E-state index in [4.69, 9.17) is 0 Å². The third-order valence-corrected chi connectivity index (χ3v) is 4.52. The van der Waals surface area contributed by atoms with E-state index in [0.717, 1.165) is 43.1 Å². The number of halogens is 2. The van der Waals surface area contributed by atoms with Gasteiger partial charge in [0.2, 0.25) is 5.91 Å². The summed E-state index contributed by atoms with van der Waals surface area (Å²) in [6.07, 6.45) is 5.80. The van der Waals surface area contributed by atoms with E-state index in [1.54, 1.807) is 0 Å². The Hall–Kier alpha value is -1.36. The molecule has 1 atom stereocenters. The number of piperidine rings is 1. The number of carbonyl (C=O) groups is 1. The van der Waals surface area contributed by atoms with Crippen LogP contribution in [0.2, 0.25) is 0 Å². The average Bonchev–Trinajstić information content (AvgIpc) is 2.55. The molecule has 1 aliphatic rings. The Labute approximate surface area is 155 Å². The van der Waals surface area contributed by atoms with E-state index in [9.17, 15) is 4.79 Å². The van der Waals surface area contributed by atoms with Crippen LogP contribution >= 0.6 is 24.8 Å². The monoisotopic (exact) mass is 369 g/mol. The molecule has 1 fully saturated rings. The summed E-state index contributed by atoms with van der Waals surface area (Å²) in [6.45, 7) is 3.57. The van der Waals surface area contributed by atoms with Crippen LogP contribution in [0.25, 0.3) is 10.9 Å². The number of aromatic nitrogens is 1. The fourth-order valence-corrected chi connectivity index (χ4v) is 3.12. The number of amides is 1. The van der Waals surface area contributed by atoms with Gasteiger partial charge in [-0.05, 0) is 50.8 Å². The second-order valence-electron chi connectivity index (χ2n) is 6.21. The van der Waals surface area contributed by atoms with Crippen molar-refractivity contribution >= 4 is 41.6 Å². The zero-order valence-corrected chi connectivity index (χ0v) is 15.5. The zero-order chi connectivity index (χ0) is 15.4. The van der Waals surface area contributed by atoms with Gasteiger partial charge in [-0.2, -0.15) is 0 Å². The largest absolute Gasteiger partial charge is 0.354 e. The van der Waals surface area contributed by atoms with Crippen molar-refractivity contribution in [3.05, 3.63) is 42.1 Å². The van der Waals surface area contributed by atoms with Gasteiger partial charge in [-0.15, -0.1) is 24.8 Å². The first-order chi connectivity index (χ1) is 10.7. The van der Waals surface area contributed by atoms with E-state index in [1.807, 2.05) is 25.3 Å². The molecule has 1 saturated heterocycles. The van der Waals surface area contributed by atoms with Gasteiger partial charge in [-0.3, -0.25) is 9.78 Å². The molecule has 2 heterocycles. The van der Waals surface area contributed by atoms with Crippen molar-refractivity contribution in [1.82, 2.24) is 15.6 Å². The van der Waals surface area contributed by atoms with Crippen LogP contribution in [-0.4, -0.2) is 29.5 Å². The van der Waals surface area contributed by atoms with Crippen LogP contribution in [-0.2, 0) is 11.2 Å². The number of nitrogens with one attached hydrogen (secondary N) is 2. The van der Waals surface area contributed by atoms with Crippen molar-refractivity contribution in [2.75, 3.05) is 13.1 Å². The van der Waals surface area contributed by atoms with Crippen molar-refractivity contribution in [2.24, 2.45) is 0 Å². The highest BCUT2D eigenvalue weighted by atomic mass is 35.5. The summed E-state index contributed by atoms with van der Waals surface area (Å²) in [6, 6.07) is 10.2. The summed E-state index contributed by atoms with van der Waals surface area (Å²) in [5, 5.41) is 7.57. The number of pyridine rings is 1. The minimum absolute atomic E-state index is 0. The molecule has 0 bridgehead atoms. The Kier molecular flexibility index (Phi) is 7.94. The molecule has 3 rings (SSSR count). The molecule has 24 heavy (non-hydrogen) atoms. The van der Waals surface area contributed by atoms with Gasteiger partial charge in [0.1, 0.15) is 0 Å². The lowest BCUT2D eigenvalue weighted by molar-refractivity contribution is -0.127. The van der Waals surface area contributed by atoms with Gasteiger partial charge in [0.05, 0.1) is 11.1 Å². The van der Waals surface area contributed by atoms with Gasteiger partial charge >= 0.3 is 0 Å². The lowest BCUT2D eigenvalue weighted by Gasteiger charge is -2.33. The van der Waals surface area contributed by atoms with Crippen LogP contribution in [0.1, 0.15) is 31.7 Å². The predicted molar refractivity (Wildman–Crippen MR) is 103 cm³/mol. The predicted octanol–water partition coefficient (Wildman–Crippen LogP) is 3.27. The van der Waals surface area contributed by atoms with Crippen LogP contribution in [0.5, 0.6) is 0 Å². The van der Waals surface area contributed by atoms with Gasteiger partial charge in [0, 0.05) is 18.1 Å². The smallest absolute Gasteiger partial charge is 0.240 e. The van der Waals surface area contributed by atoms with Crippen LogP contribution in [0, 0.1) is 0 Å². The second kappa shape index (κ2) is 9.21. The molecule has 1 aromatic heterocycles. The number of benzene rings is 1. The van der Waals surface area contributed by atoms with Crippen LogP contribution in [0.3, 0.4) is 0 Å². The summed E-state index contributed by atoms with van der Waals surface area (Å²) in [7, 11) is 0. The maximum absolute atomic E-state index is 12.4. The molecule has 2 aromatic rings. The highest BCUT2D eigenvalue weighted by Gasteiger charge is 2.33. The minimum Gasteiger partial charge on any atom is -0.354 e.